The molecular formula is C17H8F6NOS3-. The van der Waals surface area contributed by atoms with Gasteiger partial charge in [0.05, 0.1) is 21.9 Å². The summed E-state index contributed by atoms with van der Waals surface area (Å²) in [6.07, 6.45) is -9.87. The van der Waals surface area contributed by atoms with Crippen LogP contribution < -0.4 is 0 Å². The summed E-state index contributed by atoms with van der Waals surface area (Å²) in [4.78, 5) is 16.5. The fraction of sp³-hybridized carbons (Fsp3) is 0.176. The van der Waals surface area contributed by atoms with Gasteiger partial charge in [-0.3, -0.25) is 0 Å². The lowest BCUT2D eigenvalue weighted by Crippen LogP contribution is -2.11. The van der Waals surface area contributed by atoms with Crippen molar-refractivity contribution in [3.63, 3.8) is 0 Å². The van der Waals surface area contributed by atoms with Crippen molar-refractivity contribution >= 4 is 40.4 Å². The average molecular weight is 452 g/mol. The summed E-state index contributed by atoms with van der Waals surface area (Å²) in [5.41, 5.74) is -2.56. The molecule has 28 heavy (non-hydrogen) atoms. The highest BCUT2D eigenvalue weighted by Crippen LogP contribution is 2.40. The predicted molar refractivity (Wildman–Crippen MR) is 97.3 cm³/mol. The zero-order chi connectivity index (χ0) is 20.9. The molecule has 3 aromatic rings. The molecule has 0 aliphatic carbocycles. The van der Waals surface area contributed by atoms with Crippen molar-refractivity contribution in [3.05, 3.63) is 50.5 Å². The molecule has 1 aromatic carbocycles. The molecule has 0 spiro atoms. The SMILES string of the molecule is Cc1sc(C(=O)[S-])cc1-c1nc(-c2cc(C(F)(F)F)cc(C(F)(F)F)c2)cs1. The van der Waals surface area contributed by atoms with E-state index in [1.807, 2.05) is 0 Å². The number of hydrogen-bond donors (Lipinski definition) is 0. The third kappa shape index (κ3) is 4.20. The number of hydrogen-bond acceptors (Lipinski definition) is 5. The van der Waals surface area contributed by atoms with Gasteiger partial charge in [0, 0.05) is 26.3 Å². The second kappa shape index (κ2) is 7.12. The Labute approximate surface area is 168 Å². The largest absolute Gasteiger partial charge is 0.736 e. The van der Waals surface area contributed by atoms with Crippen LogP contribution in [0, 0.1) is 6.92 Å². The third-order valence-corrected chi connectivity index (χ3v) is 6.01. The highest BCUT2D eigenvalue weighted by molar-refractivity contribution is 7.78. The van der Waals surface area contributed by atoms with E-state index in [1.54, 1.807) is 6.92 Å². The van der Waals surface area contributed by atoms with Gasteiger partial charge in [-0.15, -0.1) is 22.7 Å². The molecule has 148 valence electrons. The van der Waals surface area contributed by atoms with Crippen molar-refractivity contribution in [2.75, 3.05) is 0 Å². The molecule has 0 unspecified atom stereocenters. The number of halogens is 6. The fourth-order valence-electron chi connectivity index (χ4n) is 2.43. The Morgan fingerprint density at radius 2 is 1.57 bits per heavy atom. The molecule has 0 aliphatic rings. The van der Waals surface area contributed by atoms with Crippen LogP contribution in [0.4, 0.5) is 26.3 Å². The first-order valence-corrected chi connectivity index (χ1v) is 9.54. The van der Waals surface area contributed by atoms with E-state index in [2.05, 4.69) is 17.6 Å². The summed E-state index contributed by atoms with van der Waals surface area (Å²) in [6.45, 7) is 1.72. The zero-order valence-electron chi connectivity index (χ0n) is 13.7. The Bertz CT molecular complexity index is 1020. The number of thiophene rings is 1. The van der Waals surface area contributed by atoms with Crippen LogP contribution >= 0.6 is 22.7 Å². The van der Waals surface area contributed by atoms with Gasteiger partial charge in [0.2, 0.25) is 0 Å². The van der Waals surface area contributed by atoms with Crippen molar-refractivity contribution < 1.29 is 31.1 Å². The van der Waals surface area contributed by atoms with E-state index in [0.717, 1.165) is 22.7 Å². The van der Waals surface area contributed by atoms with Gasteiger partial charge in [-0.1, -0.05) is 0 Å². The molecule has 0 bridgehead atoms. The fourth-order valence-corrected chi connectivity index (χ4v) is 4.43. The summed E-state index contributed by atoms with van der Waals surface area (Å²) < 4.78 is 78.2. The second-order valence-corrected chi connectivity index (χ2v) is 8.19. The van der Waals surface area contributed by atoms with Gasteiger partial charge in [-0.2, -0.15) is 26.3 Å². The van der Waals surface area contributed by atoms with Crippen molar-refractivity contribution in [2.45, 2.75) is 19.3 Å². The first-order valence-electron chi connectivity index (χ1n) is 7.44. The maximum absolute atomic E-state index is 13.0. The van der Waals surface area contributed by atoms with Gasteiger partial charge >= 0.3 is 12.4 Å². The van der Waals surface area contributed by atoms with Crippen LogP contribution in [0.2, 0.25) is 0 Å². The lowest BCUT2D eigenvalue weighted by Gasteiger charge is -2.13. The summed E-state index contributed by atoms with van der Waals surface area (Å²) in [5.74, 6) is 0. The van der Waals surface area contributed by atoms with Crippen molar-refractivity contribution in [1.29, 1.82) is 0 Å². The van der Waals surface area contributed by atoms with Crippen LogP contribution in [-0.2, 0) is 25.0 Å². The Kier molecular flexibility index (Phi) is 5.28. The molecule has 0 saturated heterocycles. The minimum absolute atomic E-state index is 0.0200. The Balaban J connectivity index is 2.09. The molecular weight excluding hydrogens is 444 g/mol. The molecule has 2 aromatic heterocycles. The van der Waals surface area contributed by atoms with E-state index >= 15 is 0 Å². The molecule has 2 nitrogen and oxygen atoms in total. The van der Waals surface area contributed by atoms with Gasteiger partial charge in [-0.25, -0.2) is 4.98 Å². The van der Waals surface area contributed by atoms with E-state index < -0.39 is 28.6 Å². The number of benzene rings is 1. The minimum atomic E-state index is -4.93. The first kappa shape index (κ1) is 20.7. The summed E-state index contributed by atoms with van der Waals surface area (Å²) in [5, 5.41) is 1.19. The number of alkyl halides is 6. The van der Waals surface area contributed by atoms with Gasteiger partial charge in [0.1, 0.15) is 5.01 Å². The minimum Gasteiger partial charge on any atom is -0.736 e. The molecule has 0 fully saturated rings. The Morgan fingerprint density at radius 1 is 1.00 bits per heavy atom. The highest BCUT2D eigenvalue weighted by Gasteiger charge is 2.37. The smallest absolute Gasteiger partial charge is 0.416 e. The number of nitrogens with zero attached hydrogens (tertiary/aromatic N) is 1. The van der Waals surface area contributed by atoms with Gasteiger partial charge in [-0.05, 0) is 31.2 Å². The molecule has 0 N–H and O–H groups in total. The highest BCUT2D eigenvalue weighted by atomic mass is 32.1. The number of carbonyl (C=O) groups excluding carboxylic acids is 1. The predicted octanol–water partition coefficient (Wildman–Crippen LogP) is 6.57. The van der Waals surface area contributed by atoms with E-state index in [1.165, 1.54) is 11.4 Å². The molecule has 3 rings (SSSR count). The maximum Gasteiger partial charge on any atom is 0.416 e. The van der Waals surface area contributed by atoms with E-state index in [-0.39, 0.29) is 17.3 Å². The van der Waals surface area contributed by atoms with Crippen LogP contribution in [0.5, 0.6) is 0 Å². The lowest BCUT2D eigenvalue weighted by atomic mass is 10.0. The normalized spacial score (nSPS) is 12.4. The lowest BCUT2D eigenvalue weighted by molar-refractivity contribution is -0.143. The van der Waals surface area contributed by atoms with E-state index in [0.29, 0.717) is 32.5 Å². The average Bonchev–Trinajstić information content (AvgIpc) is 3.19. The summed E-state index contributed by atoms with van der Waals surface area (Å²) >= 11 is 6.79. The topological polar surface area (TPSA) is 30.0 Å². The maximum atomic E-state index is 13.0. The summed E-state index contributed by atoms with van der Waals surface area (Å²) in [6, 6.07) is 2.85. The van der Waals surface area contributed by atoms with Crippen molar-refractivity contribution in [2.24, 2.45) is 0 Å². The first-order chi connectivity index (χ1) is 12.9. The molecule has 0 atom stereocenters. The molecule has 0 aliphatic heterocycles. The number of rotatable bonds is 3. The monoisotopic (exact) mass is 452 g/mol. The molecule has 0 amide bonds. The van der Waals surface area contributed by atoms with Crippen molar-refractivity contribution in [3.8, 4) is 21.8 Å². The molecule has 0 radical (unpaired) electrons. The number of aromatic nitrogens is 1. The quantitative estimate of drug-likeness (QED) is 0.333. The van der Waals surface area contributed by atoms with Gasteiger partial charge < -0.3 is 17.4 Å². The molecule has 0 saturated carbocycles. The van der Waals surface area contributed by atoms with Crippen molar-refractivity contribution in [1.82, 2.24) is 4.98 Å². The number of carbonyl (C=O) groups is 1. The Hall–Kier alpha value is -1.98. The van der Waals surface area contributed by atoms with Crippen LogP contribution in [-0.4, -0.2) is 10.1 Å². The second-order valence-electron chi connectivity index (χ2n) is 5.70. The third-order valence-electron chi connectivity index (χ3n) is 3.74. The van der Waals surface area contributed by atoms with Gasteiger partial charge in [0.25, 0.3) is 0 Å². The van der Waals surface area contributed by atoms with E-state index in [4.69, 9.17) is 0 Å². The zero-order valence-corrected chi connectivity index (χ0v) is 16.2. The standard InChI is InChI=1S/C17H9F6NOS3/c1-7-11(5-13(28-7)15(25)26)14-24-12(6-27-14)8-2-9(16(18,19)20)4-10(3-8)17(21,22)23/h2-6H,1H3,(H,25,26)/p-1. The Morgan fingerprint density at radius 3 is 2.04 bits per heavy atom. The van der Waals surface area contributed by atoms with Crippen LogP contribution in [0.15, 0.2) is 29.6 Å². The van der Waals surface area contributed by atoms with E-state index in [9.17, 15) is 31.1 Å². The van der Waals surface area contributed by atoms with Crippen LogP contribution in [0.1, 0.15) is 25.7 Å². The molecule has 2 heterocycles. The van der Waals surface area contributed by atoms with Crippen LogP contribution in [0.3, 0.4) is 0 Å². The number of aryl methyl sites for hydroxylation is 1. The molecule has 11 heteroatoms. The number of thiazole rings is 1. The summed E-state index contributed by atoms with van der Waals surface area (Å²) in [7, 11) is 0. The van der Waals surface area contributed by atoms with Gasteiger partial charge in [0.15, 0.2) is 0 Å². The van der Waals surface area contributed by atoms with Crippen LogP contribution in [0.25, 0.3) is 21.8 Å².